The van der Waals surface area contributed by atoms with E-state index in [0.717, 1.165) is 18.2 Å². The van der Waals surface area contributed by atoms with Crippen molar-refractivity contribution in [3.05, 3.63) is 17.1 Å². The molecular weight excluding hydrogens is 236 g/mol. The summed E-state index contributed by atoms with van der Waals surface area (Å²) in [6.45, 7) is 2.75. The van der Waals surface area contributed by atoms with Gasteiger partial charge in [0, 0.05) is 11.9 Å². The van der Waals surface area contributed by atoms with Gasteiger partial charge in [-0.3, -0.25) is 4.79 Å². The van der Waals surface area contributed by atoms with Crippen molar-refractivity contribution in [3.8, 4) is 0 Å². The van der Waals surface area contributed by atoms with Crippen LogP contribution in [0.15, 0.2) is 12.3 Å². The van der Waals surface area contributed by atoms with E-state index in [1.165, 1.54) is 11.3 Å². The van der Waals surface area contributed by atoms with Crippen LogP contribution in [0.1, 0.15) is 29.4 Å². The lowest BCUT2D eigenvalue weighted by Crippen LogP contribution is -2.24. The molecule has 0 unspecified atom stereocenters. The summed E-state index contributed by atoms with van der Waals surface area (Å²) < 4.78 is 0. The number of nitrogen functional groups attached to an aromatic ring is 1. The molecule has 2 heterocycles. The number of nitrogens with two attached hydrogens (primary N) is 1. The normalized spacial score (nSPS) is 10.6. The van der Waals surface area contributed by atoms with Gasteiger partial charge >= 0.3 is 0 Å². The first-order valence-electron chi connectivity index (χ1n) is 5.52. The summed E-state index contributed by atoms with van der Waals surface area (Å²) in [7, 11) is 0. The second kappa shape index (κ2) is 5.09. The number of thiophene rings is 1. The summed E-state index contributed by atoms with van der Waals surface area (Å²) in [4.78, 5) is 13.1. The molecule has 0 aliphatic heterocycles. The number of aromatic nitrogens is 2. The van der Waals surface area contributed by atoms with Crippen LogP contribution in [0.2, 0.25) is 0 Å². The van der Waals surface area contributed by atoms with Gasteiger partial charge in [-0.05, 0) is 12.5 Å². The Morgan fingerprint density at radius 3 is 3.12 bits per heavy atom. The summed E-state index contributed by atoms with van der Waals surface area (Å²) in [5.41, 5.74) is 6.42. The Hall–Kier alpha value is -1.69. The van der Waals surface area contributed by atoms with Crippen molar-refractivity contribution in [2.75, 3.05) is 12.3 Å². The summed E-state index contributed by atoms with van der Waals surface area (Å²) in [5.74, 6) is -0.126. The van der Waals surface area contributed by atoms with Crippen LogP contribution < -0.4 is 11.1 Å². The predicted molar refractivity (Wildman–Crippen MR) is 69.1 cm³/mol. The Bertz CT molecular complexity index is 537. The number of rotatable bonds is 4. The summed E-state index contributed by atoms with van der Waals surface area (Å²) in [6, 6.07) is 1.77. The monoisotopic (exact) mass is 250 g/mol. The van der Waals surface area contributed by atoms with Crippen molar-refractivity contribution in [1.82, 2.24) is 15.5 Å². The molecule has 5 nitrogen and oxygen atoms in total. The molecular formula is C11H14N4OS. The van der Waals surface area contributed by atoms with Crippen molar-refractivity contribution in [2.45, 2.75) is 19.8 Å². The van der Waals surface area contributed by atoms with Crippen molar-refractivity contribution in [3.63, 3.8) is 0 Å². The van der Waals surface area contributed by atoms with Crippen LogP contribution in [0.5, 0.6) is 0 Å². The number of anilines is 1. The smallest absolute Gasteiger partial charge is 0.263 e. The summed E-state index contributed by atoms with van der Waals surface area (Å²) in [6.07, 6.45) is 3.59. The molecule has 0 saturated heterocycles. The van der Waals surface area contributed by atoms with E-state index in [9.17, 15) is 4.79 Å². The zero-order valence-electron chi connectivity index (χ0n) is 9.56. The first kappa shape index (κ1) is 11.8. The number of nitrogens with zero attached hydrogens (tertiary/aromatic N) is 2. The molecule has 1 amide bonds. The van der Waals surface area contributed by atoms with E-state index >= 15 is 0 Å². The van der Waals surface area contributed by atoms with E-state index in [4.69, 9.17) is 5.73 Å². The van der Waals surface area contributed by atoms with Crippen LogP contribution in [-0.2, 0) is 0 Å². The Morgan fingerprint density at radius 2 is 2.41 bits per heavy atom. The van der Waals surface area contributed by atoms with E-state index in [1.54, 1.807) is 12.3 Å². The number of carbonyl (C=O) groups excluding carboxylic acids is 1. The fourth-order valence-electron chi connectivity index (χ4n) is 1.50. The van der Waals surface area contributed by atoms with Crippen molar-refractivity contribution in [2.24, 2.45) is 0 Å². The zero-order valence-corrected chi connectivity index (χ0v) is 10.4. The highest BCUT2D eigenvalue weighted by molar-refractivity contribution is 7.21. The highest BCUT2D eigenvalue weighted by Crippen LogP contribution is 2.31. The zero-order chi connectivity index (χ0) is 12.3. The van der Waals surface area contributed by atoms with Crippen LogP contribution >= 0.6 is 11.3 Å². The lowest BCUT2D eigenvalue weighted by Gasteiger charge is -2.02. The maximum atomic E-state index is 11.9. The van der Waals surface area contributed by atoms with Crippen LogP contribution in [0.25, 0.3) is 10.2 Å². The fourth-order valence-corrected chi connectivity index (χ4v) is 2.45. The second-order valence-corrected chi connectivity index (χ2v) is 4.70. The second-order valence-electron chi connectivity index (χ2n) is 3.70. The molecule has 0 aliphatic carbocycles. The number of amides is 1. The Labute approximate surface area is 103 Å². The van der Waals surface area contributed by atoms with E-state index < -0.39 is 0 Å². The molecule has 0 aliphatic rings. The molecule has 3 N–H and O–H groups in total. The molecule has 0 saturated carbocycles. The molecule has 6 heteroatoms. The van der Waals surface area contributed by atoms with E-state index in [1.807, 2.05) is 0 Å². The highest BCUT2D eigenvalue weighted by Gasteiger charge is 2.16. The molecule has 0 aromatic carbocycles. The SMILES string of the molecule is CCCCNC(=O)c1sc2nnccc2c1N. The molecule has 0 atom stereocenters. The average Bonchev–Trinajstić information content (AvgIpc) is 2.68. The van der Waals surface area contributed by atoms with Gasteiger partial charge in [-0.15, -0.1) is 16.4 Å². The average molecular weight is 250 g/mol. The van der Waals surface area contributed by atoms with Crippen molar-refractivity contribution in [1.29, 1.82) is 0 Å². The number of hydrogen-bond donors (Lipinski definition) is 2. The van der Waals surface area contributed by atoms with E-state index in [-0.39, 0.29) is 5.91 Å². The largest absolute Gasteiger partial charge is 0.397 e. The molecule has 2 rings (SSSR count). The van der Waals surface area contributed by atoms with E-state index in [0.29, 0.717) is 21.9 Å². The fraction of sp³-hybridized carbons (Fsp3) is 0.364. The van der Waals surface area contributed by atoms with Gasteiger partial charge in [-0.1, -0.05) is 13.3 Å². The van der Waals surface area contributed by atoms with Gasteiger partial charge in [0.05, 0.1) is 11.9 Å². The van der Waals surface area contributed by atoms with Crippen molar-refractivity contribution >= 4 is 33.1 Å². The minimum atomic E-state index is -0.126. The van der Waals surface area contributed by atoms with Gasteiger partial charge in [0.2, 0.25) is 0 Å². The lowest BCUT2D eigenvalue weighted by atomic mass is 10.2. The van der Waals surface area contributed by atoms with Gasteiger partial charge in [0.15, 0.2) is 0 Å². The number of nitrogens with one attached hydrogen (secondary N) is 1. The first-order chi connectivity index (χ1) is 8.24. The minimum Gasteiger partial charge on any atom is -0.397 e. The van der Waals surface area contributed by atoms with Crippen LogP contribution in [-0.4, -0.2) is 22.6 Å². The summed E-state index contributed by atoms with van der Waals surface area (Å²) in [5, 5.41) is 11.4. The molecule has 0 radical (unpaired) electrons. The van der Waals surface area contributed by atoms with E-state index in [2.05, 4.69) is 22.4 Å². The predicted octanol–water partition coefficient (Wildman–Crippen LogP) is 1.80. The molecule has 0 fully saturated rings. The molecule has 2 aromatic rings. The summed E-state index contributed by atoms with van der Waals surface area (Å²) >= 11 is 1.28. The first-order valence-corrected chi connectivity index (χ1v) is 6.33. The quantitative estimate of drug-likeness (QED) is 0.811. The highest BCUT2D eigenvalue weighted by atomic mass is 32.1. The van der Waals surface area contributed by atoms with Gasteiger partial charge in [0.25, 0.3) is 5.91 Å². The number of fused-ring (bicyclic) bond motifs is 1. The van der Waals surface area contributed by atoms with Crippen molar-refractivity contribution < 1.29 is 4.79 Å². The number of unbranched alkanes of at least 4 members (excludes halogenated alkanes) is 1. The Morgan fingerprint density at radius 1 is 1.59 bits per heavy atom. The molecule has 90 valence electrons. The van der Waals surface area contributed by atoms with Crippen LogP contribution in [0.3, 0.4) is 0 Å². The van der Waals surface area contributed by atoms with Gasteiger partial charge < -0.3 is 11.1 Å². The van der Waals surface area contributed by atoms with Gasteiger partial charge in [0.1, 0.15) is 9.71 Å². The minimum absolute atomic E-state index is 0.126. The third-order valence-electron chi connectivity index (χ3n) is 2.44. The maximum Gasteiger partial charge on any atom is 0.263 e. The standard InChI is InChI=1S/C11H14N4OS/c1-2-3-5-13-10(16)9-8(12)7-4-6-14-15-11(7)17-9/h4,6H,2-3,5,12H2,1H3,(H,13,16). The molecule has 0 bridgehead atoms. The molecule has 17 heavy (non-hydrogen) atoms. The third kappa shape index (κ3) is 2.36. The van der Waals surface area contributed by atoms with Gasteiger partial charge in [-0.25, -0.2) is 0 Å². The Kier molecular flexibility index (Phi) is 3.53. The maximum absolute atomic E-state index is 11.9. The number of carbonyl (C=O) groups is 1. The molecule has 2 aromatic heterocycles. The van der Waals surface area contributed by atoms with Crippen LogP contribution in [0.4, 0.5) is 5.69 Å². The Balaban J connectivity index is 2.23. The lowest BCUT2D eigenvalue weighted by molar-refractivity contribution is 0.0958. The third-order valence-corrected chi connectivity index (χ3v) is 3.55. The topological polar surface area (TPSA) is 80.9 Å². The van der Waals surface area contributed by atoms with Gasteiger partial charge in [-0.2, -0.15) is 5.10 Å². The van der Waals surface area contributed by atoms with Crippen LogP contribution in [0, 0.1) is 0 Å². The molecule has 0 spiro atoms. The number of hydrogen-bond acceptors (Lipinski definition) is 5.